The van der Waals surface area contributed by atoms with Gasteiger partial charge in [-0.2, -0.15) is 0 Å². The van der Waals surface area contributed by atoms with Crippen LogP contribution in [0.4, 0.5) is 5.82 Å². The van der Waals surface area contributed by atoms with E-state index < -0.39 is 5.91 Å². The Hall–Kier alpha value is -1.95. The number of amides is 2. The molecule has 0 aromatic carbocycles. The van der Waals surface area contributed by atoms with Crippen molar-refractivity contribution in [2.45, 2.75) is 13.3 Å². The number of rotatable bonds is 3. The maximum atomic E-state index is 11.1. The van der Waals surface area contributed by atoms with Crippen LogP contribution in [0.5, 0.6) is 0 Å². The Morgan fingerprint density at radius 3 is 2.87 bits per heavy atom. The van der Waals surface area contributed by atoms with Crippen molar-refractivity contribution in [2.75, 3.05) is 5.32 Å². The number of nitrogens with two attached hydrogens (primary N) is 1. The number of anilines is 1. The molecule has 0 fully saturated rings. The summed E-state index contributed by atoms with van der Waals surface area (Å²) in [7, 11) is 0. The van der Waals surface area contributed by atoms with E-state index in [1.54, 1.807) is 6.92 Å². The van der Waals surface area contributed by atoms with Gasteiger partial charge in [-0.25, -0.2) is 10.8 Å². The van der Waals surface area contributed by atoms with Gasteiger partial charge in [-0.05, 0) is 12.1 Å². The maximum Gasteiger partial charge on any atom is 0.265 e. The highest BCUT2D eigenvalue weighted by Gasteiger charge is 2.06. The van der Waals surface area contributed by atoms with Crippen LogP contribution in [0.15, 0.2) is 18.3 Å². The zero-order chi connectivity index (χ0) is 11.3. The fourth-order valence-electron chi connectivity index (χ4n) is 0.955. The molecule has 6 heteroatoms. The molecular formula is C9H12N4O2. The molecule has 4 N–H and O–H groups in total. The second-order valence-electron chi connectivity index (χ2n) is 2.80. The first-order valence-corrected chi connectivity index (χ1v) is 4.44. The van der Waals surface area contributed by atoms with Gasteiger partial charge in [-0.15, -0.1) is 0 Å². The van der Waals surface area contributed by atoms with E-state index in [4.69, 9.17) is 5.84 Å². The molecule has 15 heavy (non-hydrogen) atoms. The number of nitrogen functional groups attached to an aromatic ring is 1. The highest BCUT2D eigenvalue weighted by molar-refractivity contribution is 5.96. The first-order valence-electron chi connectivity index (χ1n) is 4.44. The predicted molar refractivity (Wildman–Crippen MR) is 54.8 cm³/mol. The van der Waals surface area contributed by atoms with E-state index in [9.17, 15) is 9.59 Å². The standard InChI is InChI=1S/C9H12N4O2/c1-2-8(14)12-7-5-6(3-4-11-7)9(15)13-10/h3-5H,2,10H2,1H3,(H,13,15)(H,11,12,14). The van der Waals surface area contributed by atoms with E-state index in [2.05, 4.69) is 10.3 Å². The molecule has 0 aliphatic carbocycles. The molecule has 1 heterocycles. The summed E-state index contributed by atoms with van der Waals surface area (Å²) in [6.07, 6.45) is 1.78. The van der Waals surface area contributed by atoms with Gasteiger partial charge in [0.05, 0.1) is 0 Å². The molecule has 0 unspecified atom stereocenters. The molecule has 6 nitrogen and oxygen atoms in total. The third kappa shape index (κ3) is 3.03. The van der Waals surface area contributed by atoms with Crippen LogP contribution >= 0.6 is 0 Å². The van der Waals surface area contributed by atoms with Gasteiger partial charge in [-0.3, -0.25) is 15.0 Å². The zero-order valence-corrected chi connectivity index (χ0v) is 8.28. The Balaban J connectivity index is 2.83. The van der Waals surface area contributed by atoms with Crippen LogP contribution in [0.3, 0.4) is 0 Å². The van der Waals surface area contributed by atoms with Gasteiger partial charge in [0.2, 0.25) is 5.91 Å². The Morgan fingerprint density at radius 1 is 1.53 bits per heavy atom. The largest absolute Gasteiger partial charge is 0.311 e. The van der Waals surface area contributed by atoms with Crippen LogP contribution < -0.4 is 16.6 Å². The number of carbonyl (C=O) groups excluding carboxylic acids is 2. The number of hydrazine groups is 1. The summed E-state index contributed by atoms with van der Waals surface area (Å²) in [5.41, 5.74) is 2.34. The lowest BCUT2D eigenvalue weighted by molar-refractivity contribution is -0.115. The summed E-state index contributed by atoms with van der Waals surface area (Å²) in [5.74, 6) is 4.72. The van der Waals surface area contributed by atoms with Gasteiger partial charge in [0, 0.05) is 18.2 Å². The van der Waals surface area contributed by atoms with Gasteiger partial charge in [0.15, 0.2) is 0 Å². The SMILES string of the molecule is CCC(=O)Nc1cc(C(=O)NN)ccn1. The highest BCUT2D eigenvalue weighted by Crippen LogP contribution is 2.06. The Labute approximate surface area is 86.8 Å². The second-order valence-corrected chi connectivity index (χ2v) is 2.80. The second kappa shape index (κ2) is 5.06. The van der Waals surface area contributed by atoms with Crippen LogP contribution in [0, 0.1) is 0 Å². The van der Waals surface area contributed by atoms with Crippen LogP contribution in [0.2, 0.25) is 0 Å². The van der Waals surface area contributed by atoms with Gasteiger partial charge < -0.3 is 5.32 Å². The number of aromatic nitrogens is 1. The zero-order valence-electron chi connectivity index (χ0n) is 8.28. The lowest BCUT2D eigenvalue weighted by Crippen LogP contribution is -2.30. The van der Waals surface area contributed by atoms with Crippen LogP contribution in [-0.4, -0.2) is 16.8 Å². The quantitative estimate of drug-likeness (QED) is 0.371. The van der Waals surface area contributed by atoms with Gasteiger partial charge in [0.1, 0.15) is 5.82 Å². The minimum absolute atomic E-state index is 0.159. The van der Waals surface area contributed by atoms with Gasteiger partial charge in [-0.1, -0.05) is 6.92 Å². The monoisotopic (exact) mass is 208 g/mol. The first-order chi connectivity index (χ1) is 7.17. The van der Waals surface area contributed by atoms with E-state index in [1.807, 2.05) is 5.43 Å². The van der Waals surface area contributed by atoms with Crippen LogP contribution in [-0.2, 0) is 4.79 Å². The number of hydrogen-bond acceptors (Lipinski definition) is 4. The van der Waals surface area contributed by atoms with Crippen molar-refractivity contribution >= 4 is 17.6 Å². The molecule has 80 valence electrons. The number of hydrogen-bond donors (Lipinski definition) is 3. The lowest BCUT2D eigenvalue weighted by atomic mass is 10.2. The highest BCUT2D eigenvalue weighted by atomic mass is 16.2. The molecule has 0 spiro atoms. The topological polar surface area (TPSA) is 97.1 Å². The number of carbonyl (C=O) groups is 2. The summed E-state index contributed by atoms with van der Waals surface area (Å²) >= 11 is 0. The van der Waals surface area contributed by atoms with E-state index >= 15 is 0 Å². The molecule has 1 rings (SSSR count). The minimum atomic E-state index is -0.426. The molecule has 0 saturated carbocycles. The molecule has 0 aliphatic heterocycles. The molecule has 0 radical (unpaired) electrons. The number of nitrogens with zero attached hydrogens (tertiary/aromatic N) is 1. The van der Waals surface area contributed by atoms with Crippen molar-refractivity contribution < 1.29 is 9.59 Å². The molecule has 0 atom stereocenters. The van der Waals surface area contributed by atoms with Crippen molar-refractivity contribution in [1.82, 2.24) is 10.4 Å². The molecular weight excluding hydrogens is 196 g/mol. The van der Waals surface area contributed by atoms with Crippen molar-refractivity contribution in [2.24, 2.45) is 5.84 Å². The fourth-order valence-corrected chi connectivity index (χ4v) is 0.955. The molecule has 0 aliphatic rings. The van der Waals surface area contributed by atoms with Crippen LogP contribution in [0.25, 0.3) is 0 Å². The van der Waals surface area contributed by atoms with Gasteiger partial charge >= 0.3 is 0 Å². The summed E-state index contributed by atoms with van der Waals surface area (Å²) in [5, 5.41) is 2.54. The summed E-state index contributed by atoms with van der Waals surface area (Å²) in [6.45, 7) is 1.73. The van der Waals surface area contributed by atoms with Crippen molar-refractivity contribution in [3.05, 3.63) is 23.9 Å². The van der Waals surface area contributed by atoms with Gasteiger partial charge in [0.25, 0.3) is 5.91 Å². The lowest BCUT2D eigenvalue weighted by Gasteiger charge is -2.04. The summed E-state index contributed by atoms with van der Waals surface area (Å²) in [4.78, 5) is 26.1. The van der Waals surface area contributed by atoms with Crippen molar-refractivity contribution in [3.8, 4) is 0 Å². The smallest absolute Gasteiger partial charge is 0.265 e. The average Bonchev–Trinajstić information content (AvgIpc) is 2.28. The third-order valence-corrected chi connectivity index (χ3v) is 1.74. The fraction of sp³-hybridized carbons (Fsp3) is 0.222. The number of pyridine rings is 1. The molecule has 1 aromatic heterocycles. The molecule has 1 aromatic rings. The average molecular weight is 208 g/mol. The summed E-state index contributed by atoms with van der Waals surface area (Å²) in [6, 6.07) is 2.96. The third-order valence-electron chi connectivity index (χ3n) is 1.74. The minimum Gasteiger partial charge on any atom is -0.311 e. The Bertz CT molecular complexity index is 378. The van der Waals surface area contributed by atoms with E-state index in [0.717, 1.165) is 0 Å². The molecule has 2 amide bonds. The number of nitrogens with one attached hydrogen (secondary N) is 2. The van der Waals surface area contributed by atoms with E-state index in [0.29, 0.717) is 17.8 Å². The molecule has 0 bridgehead atoms. The van der Waals surface area contributed by atoms with Crippen molar-refractivity contribution in [1.29, 1.82) is 0 Å². The Morgan fingerprint density at radius 2 is 2.27 bits per heavy atom. The van der Waals surface area contributed by atoms with E-state index in [1.165, 1.54) is 18.3 Å². The maximum absolute atomic E-state index is 11.1. The summed E-state index contributed by atoms with van der Waals surface area (Å²) < 4.78 is 0. The Kier molecular flexibility index (Phi) is 3.75. The first kappa shape index (κ1) is 11.1. The van der Waals surface area contributed by atoms with Crippen LogP contribution in [0.1, 0.15) is 23.7 Å². The van der Waals surface area contributed by atoms with Crippen molar-refractivity contribution in [3.63, 3.8) is 0 Å². The normalized spacial score (nSPS) is 9.47. The van der Waals surface area contributed by atoms with E-state index in [-0.39, 0.29) is 5.91 Å². The molecule has 0 saturated heterocycles. The predicted octanol–water partition coefficient (Wildman–Crippen LogP) is 0.0336.